The minimum absolute atomic E-state index is 0.000316. The van der Waals surface area contributed by atoms with Gasteiger partial charge in [-0.1, -0.05) is 15.9 Å². The predicted octanol–water partition coefficient (Wildman–Crippen LogP) is 1.75. The maximum Gasteiger partial charge on any atom is 0.243 e. The van der Waals surface area contributed by atoms with E-state index in [2.05, 4.69) is 20.7 Å². The molecule has 0 bridgehead atoms. The Hall–Kier alpha value is -0.540. The number of hydrogen-bond donors (Lipinski definition) is 2. The van der Waals surface area contributed by atoms with Gasteiger partial charge in [0.25, 0.3) is 0 Å². The van der Waals surface area contributed by atoms with E-state index in [9.17, 15) is 12.8 Å². The molecule has 0 radical (unpaired) electrons. The quantitative estimate of drug-likeness (QED) is 0.815. The Morgan fingerprint density at radius 2 is 2.24 bits per heavy atom. The Balaban J connectivity index is 2.21. The van der Waals surface area contributed by atoms with E-state index in [0.717, 1.165) is 6.42 Å². The highest BCUT2D eigenvalue weighted by atomic mass is 79.9. The zero-order chi connectivity index (χ0) is 15.6. The van der Waals surface area contributed by atoms with Crippen LogP contribution in [0.4, 0.5) is 4.39 Å². The topological polar surface area (TPSA) is 81.4 Å². The third-order valence-electron chi connectivity index (χ3n) is 3.66. The van der Waals surface area contributed by atoms with E-state index in [4.69, 9.17) is 10.5 Å². The molecule has 0 saturated carbocycles. The summed E-state index contributed by atoms with van der Waals surface area (Å²) < 4.78 is 47.1. The number of nitrogens with one attached hydrogen (secondary N) is 1. The van der Waals surface area contributed by atoms with E-state index in [1.165, 1.54) is 12.1 Å². The third kappa shape index (κ3) is 3.81. The molecule has 1 aliphatic rings. The maximum atomic E-state index is 14.2. The summed E-state index contributed by atoms with van der Waals surface area (Å²) >= 11 is 3.17. The lowest BCUT2D eigenvalue weighted by molar-refractivity contribution is 0.107. The second-order valence-electron chi connectivity index (χ2n) is 5.06. The fraction of sp³-hybridized carbons (Fsp3) is 0.538. The molecule has 2 rings (SSSR count). The van der Waals surface area contributed by atoms with Gasteiger partial charge in [-0.3, -0.25) is 0 Å². The molecule has 1 aliphatic heterocycles. The average Bonchev–Trinajstić information content (AvgIpc) is 2.84. The van der Waals surface area contributed by atoms with Crippen LogP contribution in [-0.2, 0) is 21.3 Å². The summed E-state index contributed by atoms with van der Waals surface area (Å²) in [5.74, 6) is -0.701. The molecule has 0 amide bonds. The lowest BCUT2D eigenvalue weighted by Gasteiger charge is -2.16. The number of sulfonamides is 1. The first-order chi connectivity index (χ1) is 9.85. The van der Waals surface area contributed by atoms with E-state index in [1.807, 2.05) is 6.92 Å². The summed E-state index contributed by atoms with van der Waals surface area (Å²) in [7, 11) is -3.92. The molecule has 3 N–H and O–H groups in total. The highest BCUT2D eigenvalue weighted by molar-refractivity contribution is 9.10. The van der Waals surface area contributed by atoms with E-state index in [0.29, 0.717) is 11.1 Å². The molecule has 1 fully saturated rings. The van der Waals surface area contributed by atoms with Gasteiger partial charge < -0.3 is 10.5 Å². The van der Waals surface area contributed by atoms with Gasteiger partial charge in [0, 0.05) is 35.7 Å². The summed E-state index contributed by atoms with van der Waals surface area (Å²) in [6.07, 6.45) is 0.790. The molecular weight excluding hydrogens is 363 g/mol. The van der Waals surface area contributed by atoms with E-state index in [-0.39, 0.29) is 35.6 Å². The van der Waals surface area contributed by atoms with E-state index < -0.39 is 15.8 Å². The first kappa shape index (κ1) is 16.8. The van der Waals surface area contributed by atoms with Crippen molar-refractivity contribution in [2.45, 2.75) is 30.9 Å². The van der Waals surface area contributed by atoms with Crippen molar-refractivity contribution in [1.82, 2.24) is 4.72 Å². The van der Waals surface area contributed by atoms with Gasteiger partial charge in [-0.2, -0.15) is 0 Å². The SMILES string of the molecule is CC1OCCC1CNS(=O)(=O)c1cc(Br)cc(CN)c1F. The number of rotatable bonds is 5. The van der Waals surface area contributed by atoms with Crippen molar-refractivity contribution in [3.63, 3.8) is 0 Å². The Morgan fingerprint density at radius 3 is 2.81 bits per heavy atom. The van der Waals surface area contributed by atoms with Gasteiger partial charge >= 0.3 is 0 Å². The van der Waals surface area contributed by atoms with Crippen LogP contribution in [0.15, 0.2) is 21.5 Å². The standard InChI is InChI=1S/C13H18BrFN2O3S/c1-8-9(2-3-20-8)7-17-21(18,19)12-5-11(14)4-10(6-16)13(12)15/h4-5,8-9,17H,2-3,6-7,16H2,1H3. The van der Waals surface area contributed by atoms with Crippen molar-refractivity contribution in [1.29, 1.82) is 0 Å². The fourth-order valence-electron chi connectivity index (χ4n) is 2.30. The molecule has 8 heteroatoms. The van der Waals surface area contributed by atoms with Crippen LogP contribution >= 0.6 is 15.9 Å². The number of ether oxygens (including phenoxy) is 1. The molecule has 5 nitrogen and oxygen atoms in total. The van der Waals surface area contributed by atoms with Crippen molar-refractivity contribution >= 4 is 26.0 Å². The van der Waals surface area contributed by atoms with E-state index >= 15 is 0 Å². The van der Waals surface area contributed by atoms with Gasteiger partial charge in [0.15, 0.2) is 0 Å². The van der Waals surface area contributed by atoms with Gasteiger partial charge in [-0.15, -0.1) is 0 Å². The molecule has 0 aliphatic carbocycles. The highest BCUT2D eigenvalue weighted by Gasteiger charge is 2.28. The van der Waals surface area contributed by atoms with E-state index in [1.54, 1.807) is 0 Å². The van der Waals surface area contributed by atoms with Crippen molar-refractivity contribution in [2.75, 3.05) is 13.2 Å². The Kier molecular flexibility index (Phi) is 5.37. The largest absolute Gasteiger partial charge is 0.378 e. The summed E-state index contributed by atoms with van der Waals surface area (Å²) in [4.78, 5) is -0.385. The lowest BCUT2D eigenvalue weighted by Crippen LogP contribution is -2.32. The van der Waals surface area contributed by atoms with Crippen molar-refractivity contribution in [3.8, 4) is 0 Å². The van der Waals surface area contributed by atoms with Crippen LogP contribution < -0.4 is 10.5 Å². The van der Waals surface area contributed by atoms with Crippen LogP contribution in [0.3, 0.4) is 0 Å². The normalized spacial score (nSPS) is 22.7. The number of halogens is 2. The second-order valence-corrected chi connectivity index (χ2v) is 7.71. The molecule has 1 saturated heterocycles. The average molecular weight is 381 g/mol. The molecule has 0 spiro atoms. The summed E-state index contributed by atoms with van der Waals surface area (Å²) in [6.45, 7) is 2.68. The molecule has 21 heavy (non-hydrogen) atoms. The Morgan fingerprint density at radius 1 is 1.52 bits per heavy atom. The Labute approximate surface area is 132 Å². The van der Waals surface area contributed by atoms with Crippen molar-refractivity contribution in [2.24, 2.45) is 11.7 Å². The van der Waals surface area contributed by atoms with Gasteiger partial charge in [0.05, 0.1) is 6.10 Å². The Bertz CT molecular complexity index is 624. The second kappa shape index (κ2) is 6.70. The summed E-state index contributed by atoms with van der Waals surface area (Å²) in [5, 5.41) is 0. The molecule has 2 atom stereocenters. The van der Waals surface area contributed by atoms with Gasteiger partial charge in [-0.25, -0.2) is 17.5 Å². The molecule has 1 heterocycles. The van der Waals surface area contributed by atoms with Crippen LogP contribution in [0.25, 0.3) is 0 Å². The fourth-order valence-corrected chi connectivity index (χ4v) is 4.20. The van der Waals surface area contributed by atoms with Gasteiger partial charge in [0.1, 0.15) is 10.7 Å². The molecule has 1 aromatic carbocycles. The molecule has 1 aromatic rings. The molecule has 118 valence electrons. The van der Waals surface area contributed by atoms with Gasteiger partial charge in [-0.05, 0) is 25.5 Å². The van der Waals surface area contributed by atoms with Crippen LogP contribution in [0.2, 0.25) is 0 Å². The summed E-state index contributed by atoms with van der Waals surface area (Å²) in [6, 6.07) is 2.71. The first-order valence-corrected chi connectivity index (χ1v) is 8.92. The zero-order valence-corrected chi connectivity index (χ0v) is 14.0. The molecule has 0 aromatic heterocycles. The highest BCUT2D eigenvalue weighted by Crippen LogP contribution is 2.25. The number of benzene rings is 1. The molecular formula is C13H18BrFN2O3S. The minimum atomic E-state index is -3.92. The summed E-state index contributed by atoms with van der Waals surface area (Å²) in [5.41, 5.74) is 5.59. The van der Waals surface area contributed by atoms with Crippen LogP contribution in [0.1, 0.15) is 18.9 Å². The zero-order valence-electron chi connectivity index (χ0n) is 11.6. The van der Waals surface area contributed by atoms with Crippen LogP contribution in [-0.4, -0.2) is 27.7 Å². The monoisotopic (exact) mass is 380 g/mol. The van der Waals surface area contributed by atoms with Crippen LogP contribution in [0.5, 0.6) is 0 Å². The lowest BCUT2D eigenvalue weighted by atomic mass is 10.0. The van der Waals surface area contributed by atoms with Crippen molar-refractivity contribution in [3.05, 3.63) is 28.0 Å². The third-order valence-corrected chi connectivity index (χ3v) is 5.54. The minimum Gasteiger partial charge on any atom is -0.378 e. The number of nitrogens with two attached hydrogens (primary N) is 1. The maximum absolute atomic E-state index is 14.2. The molecule has 2 unspecified atom stereocenters. The van der Waals surface area contributed by atoms with Crippen molar-refractivity contribution < 1.29 is 17.5 Å². The van der Waals surface area contributed by atoms with Crippen LogP contribution in [0, 0.1) is 11.7 Å². The predicted molar refractivity (Wildman–Crippen MR) is 80.7 cm³/mol. The van der Waals surface area contributed by atoms with Gasteiger partial charge in [0.2, 0.25) is 10.0 Å². The number of hydrogen-bond acceptors (Lipinski definition) is 4. The first-order valence-electron chi connectivity index (χ1n) is 6.64. The smallest absolute Gasteiger partial charge is 0.243 e.